The molecule has 3 aromatic heterocycles. The van der Waals surface area contributed by atoms with E-state index in [1.54, 1.807) is 24.5 Å². The van der Waals surface area contributed by atoms with Crippen LogP contribution in [0.4, 0.5) is 10.1 Å². The molecule has 10 heteroatoms. The monoisotopic (exact) mass is 556 g/mol. The van der Waals surface area contributed by atoms with Gasteiger partial charge in [0, 0.05) is 25.7 Å². The van der Waals surface area contributed by atoms with E-state index in [2.05, 4.69) is 32.7 Å². The Morgan fingerprint density at radius 1 is 1.19 bits per heavy atom. The summed E-state index contributed by atoms with van der Waals surface area (Å²) in [6.07, 6.45) is 5.52. The molecule has 1 aliphatic rings. The van der Waals surface area contributed by atoms with Crippen molar-refractivity contribution in [3.63, 3.8) is 0 Å². The van der Waals surface area contributed by atoms with Crippen LogP contribution in [0.1, 0.15) is 31.1 Å². The van der Waals surface area contributed by atoms with Crippen LogP contribution in [0.3, 0.4) is 0 Å². The number of rotatable bonds is 8. The fourth-order valence-corrected chi connectivity index (χ4v) is 4.57. The molecule has 1 aromatic carbocycles. The zero-order valence-corrected chi connectivity index (χ0v) is 21.5. The molecule has 0 N–H and O–H groups in total. The van der Waals surface area contributed by atoms with Crippen LogP contribution < -0.4 is 15.2 Å². The number of anilines is 1. The first-order valence-electron chi connectivity index (χ1n) is 11.9. The molecule has 8 nitrogen and oxygen atoms in total. The molecule has 0 amide bonds. The number of nitrogens with zero attached hydrogens (tertiary/aromatic N) is 4. The third-order valence-corrected chi connectivity index (χ3v) is 6.58. The van der Waals surface area contributed by atoms with Gasteiger partial charge in [-0.15, -0.1) is 0 Å². The standard InChI is InChI=1S/C26H26BrFN4O4/c1-2-3-10-35-23-22(25-29-15-20(36-25)13-17-4-6-18(28)7-5-17)30-24-21(27)14-19(16-32(24)26(23)33)31-8-11-34-12-9-31/h4-7,14-16H,2-3,8-13H2,1H3. The molecule has 0 unspecified atom stereocenters. The maximum absolute atomic E-state index is 13.7. The summed E-state index contributed by atoms with van der Waals surface area (Å²) >= 11 is 3.60. The van der Waals surface area contributed by atoms with E-state index in [0.717, 1.165) is 37.2 Å². The molecule has 0 saturated carbocycles. The number of hydrogen-bond acceptors (Lipinski definition) is 7. The van der Waals surface area contributed by atoms with Crippen LogP contribution in [0, 0.1) is 5.82 Å². The molecule has 0 spiro atoms. The number of aromatic nitrogens is 3. The summed E-state index contributed by atoms with van der Waals surface area (Å²) < 4.78 is 32.8. The zero-order valence-electron chi connectivity index (χ0n) is 19.9. The Balaban J connectivity index is 1.56. The Hall–Kier alpha value is -3.24. The summed E-state index contributed by atoms with van der Waals surface area (Å²) in [5.41, 5.74) is 2.13. The minimum Gasteiger partial charge on any atom is -0.486 e. The van der Waals surface area contributed by atoms with Crippen LogP contribution in [-0.4, -0.2) is 47.3 Å². The summed E-state index contributed by atoms with van der Waals surface area (Å²) in [6, 6.07) is 8.15. The zero-order chi connectivity index (χ0) is 25.1. The smallest absolute Gasteiger partial charge is 0.301 e. The number of oxazole rings is 1. The lowest BCUT2D eigenvalue weighted by Crippen LogP contribution is -2.36. The third-order valence-electron chi connectivity index (χ3n) is 5.99. The predicted molar refractivity (Wildman–Crippen MR) is 137 cm³/mol. The fraction of sp³-hybridized carbons (Fsp3) is 0.346. The van der Waals surface area contributed by atoms with Gasteiger partial charge in [-0.1, -0.05) is 25.5 Å². The van der Waals surface area contributed by atoms with Gasteiger partial charge in [0.25, 0.3) is 0 Å². The highest BCUT2D eigenvalue weighted by Gasteiger charge is 2.23. The van der Waals surface area contributed by atoms with Crippen molar-refractivity contribution in [1.29, 1.82) is 0 Å². The molecule has 0 atom stereocenters. The van der Waals surface area contributed by atoms with E-state index in [-0.39, 0.29) is 28.7 Å². The van der Waals surface area contributed by atoms with Gasteiger partial charge in [0.15, 0.2) is 11.3 Å². The lowest BCUT2D eigenvalue weighted by molar-refractivity contribution is 0.122. The van der Waals surface area contributed by atoms with E-state index in [0.29, 0.717) is 42.1 Å². The Kier molecular flexibility index (Phi) is 7.33. The van der Waals surface area contributed by atoms with Crippen molar-refractivity contribution in [2.24, 2.45) is 0 Å². The van der Waals surface area contributed by atoms with Crippen molar-refractivity contribution in [1.82, 2.24) is 14.4 Å². The first-order valence-corrected chi connectivity index (χ1v) is 12.7. The van der Waals surface area contributed by atoms with Crippen LogP contribution in [0.15, 0.2) is 56.4 Å². The van der Waals surface area contributed by atoms with Crippen LogP contribution in [-0.2, 0) is 11.2 Å². The summed E-state index contributed by atoms with van der Waals surface area (Å²) in [5.74, 6) is 0.568. The van der Waals surface area contributed by atoms with E-state index >= 15 is 0 Å². The number of morpholine rings is 1. The molecule has 4 aromatic rings. The molecular formula is C26H26BrFN4O4. The SMILES string of the molecule is CCCCOc1c(-c2ncc(Cc3ccc(F)cc3)o2)nc2c(Br)cc(N3CCOCC3)cn2c1=O. The number of fused-ring (bicyclic) bond motifs is 1. The average Bonchev–Trinajstić information content (AvgIpc) is 3.35. The second kappa shape index (κ2) is 10.8. The summed E-state index contributed by atoms with van der Waals surface area (Å²) in [6.45, 7) is 5.18. The minimum atomic E-state index is -0.333. The van der Waals surface area contributed by atoms with Gasteiger partial charge < -0.3 is 18.8 Å². The number of benzene rings is 1. The molecule has 1 aliphatic heterocycles. The fourth-order valence-electron chi connectivity index (χ4n) is 4.06. The molecule has 36 heavy (non-hydrogen) atoms. The minimum absolute atomic E-state index is 0.0992. The van der Waals surface area contributed by atoms with Crippen molar-refractivity contribution >= 4 is 27.3 Å². The third kappa shape index (κ3) is 5.15. The molecule has 1 fully saturated rings. The summed E-state index contributed by atoms with van der Waals surface area (Å²) in [4.78, 5) is 25.0. The van der Waals surface area contributed by atoms with Crippen LogP contribution >= 0.6 is 15.9 Å². The first-order chi connectivity index (χ1) is 17.5. The Labute approximate surface area is 215 Å². The Bertz CT molecular complexity index is 1410. The van der Waals surface area contributed by atoms with Gasteiger partial charge in [0.05, 0.1) is 36.2 Å². The van der Waals surface area contributed by atoms with E-state index in [9.17, 15) is 9.18 Å². The second-order valence-corrected chi connectivity index (χ2v) is 9.43. The van der Waals surface area contributed by atoms with Gasteiger partial charge in [-0.3, -0.25) is 9.20 Å². The van der Waals surface area contributed by atoms with Crippen molar-refractivity contribution in [3.8, 4) is 17.3 Å². The van der Waals surface area contributed by atoms with Crippen molar-refractivity contribution in [3.05, 3.63) is 74.7 Å². The van der Waals surface area contributed by atoms with E-state index < -0.39 is 0 Å². The van der Waals surface area contributed by atoms with E-state index in [1.165, 1.54) is 16.5 Å². The molecule has 5 rings (SSSR count). The average molecular weight is 557 g/mol. The normalized spacial score (nSPS) is 13.9. The number of ether oxygens (including phenoxy) is 2. The van der Waals surface area contributed by atoms with Gasteiger partial charge in [0.1, 0.15) is 11.6 Å². The molecule has 1 saturated heterocycles. The van der Waals surface area contributed by atoms with E-state index in [4.69, 9.17) is 18.9 Å². The van der Waals surface area contributed by atoms with Crippen molar-refractivity contribution < 1.29 is 18.3 Å². The highest BCUT2D eigenvalue weighted by molar-refractivity contribution is 9.10. The second-order valence-electron chi connectivity index (χ2n) is 8.57. The predicted octanol–water partition coefficient (Wildman–Crippen LogP) is 4.86. The van der Waals surface area contributed by atoms with Gasteiger partial charge in [0.2, 0.25) is 11.6 Å². The van der Waals surface area contributed by atoms with Crippen LogP contribution in [0.5, 0.6) is 5.75 Å². The number of halogens is 2. The van der Waals surface area contributed by atoms with Crippen LogP contribution in [0.2, 0.25) is 0 Å². The number of hydrogen-bond donors (Lipinski definition) is 0. The molecular weight excluding hydrogens is 531 g/mol. The van der Waals surface area contributed by atoms with Gasteiger partial charge in [-0.05, 0) is 46.1 Å². The van der Waals surface area contributed by atoms with Crippen molar-refractivity contribution in [2.75, 3.05) is 37.8 Å². The highest BCUT2D eigenvalue weighted by atomic mass is 79.9. The van der Waals surface area contributed by atoms with Gasteiger partial charge >= 0.3 is 5.56 Å². The summed E-state index contributed by atoms with van der Waals surface area (Å²) in [5, 5.41) is 0. The molecule has 4 heterocycles. The topological polar surface area (TPSA) is 82.1 Å². The lowest BCUT2D eigenvalue weighted by Gasteiger charge is -2.29. The lowest BCUT2D eigenvalue weighted by atomic mass is 10.1. The molecule has 0 radical (unpaired) electrons. The molecule has 0 bridgehead atoms. The maximum atomic E-state index is 13.7. The Morgan fingerprint density at radius 2 is 1.97 bits per heavy atom. The van der Waals surface area contributed by atoms with Gasteiger partial charge in [-0.25, -0.2) is 14.4 Å². The maximum Gasteiger partial charge on any atom is 0.301 e. The quantitative estimate of drug-likeness (QED) is 0.287. The molecule has 0 aliphatic carbocycles. The van der Waals surface area contributed by atoms with Crippen molar-refractivity contribution in [2.45, 2.75) is 26.2 Å². The number of pyridine rings is 1. The Morgan fingerprint density at radius 3 is 2.72 bits per heavy atom. The summed E-state index contributed by atoms with van der Waals surface area (Å²) in [7, 11) is 0. The number of unbranched alkanes of at least 4 members (excludes halogenated alkanes) is 1. The largest absolute Gasteiger partial charge is 0.486 e. The highest BCUT2D eigenvalue weighted by Crippen LogP contribution is 2.30. The first kappa shape index (κ1) is 24.5. The molecule has 188 valence electrons. The van der Waals surface area contributed by atoms with Crippen LogP contribution in [0.25, 0.3) is 17.2 Å². The van der Waals surface area contributed by atoms with E-state index in [1.807, 2.05) is 6.07 Å². The van der Waals surface area contributed by atoms with Gasteiger partial charge in [-0.2, -0.15) is 0 Å².